The van der Waals surface area contributed by atoms with Crippen molar-refractivity contribution in [1.29, 1.82) is 0 Å². The minimum atomic E-state index is -1.24. The molecule has 1 aromatic carbocycles. The fourth-order valence-corrected chi connectivity index (χ4v) is 2.78. The van der Waals surface area contributed by atoms with Gasteiger partial charge in [-0.25, -0.2) is 0 Å². The standard InChI is InChI=1S/C18H26O4S/c1-5-8-13-21-16(19)18(6-2,7-3)17(20)22-14-11-9-10-12-15(14)23-4/h9-12H,5-8,13H2,1-4H3. The van der Waals surface area contributed by atoms with E-state index in [1.165, 1.54) is 11.8 Å². The van der Waals surface area contributed by atoms with Gasteiger partial charge in [0.2, 0.25) is 0 Å². The van der Waals surface area contributed by atoms with Gasteiger partial charge in [0, 0.05) is 4.90 Å². The van der Waals surface area contributed by atoms with Crippen LogP contribution in [0.25, 0.3) is 0 Å². The molecule has 1 rings (SSSR count). The number of hydrogen-bond donors (Lipinski definition) is 0. The van der Waals surface area contributed by atoms with Crippen LogP contribution in [0, 0.1) is 5.41 Å². The van der Waals surface area contributed by atoms with E-state index in [0.29, 0.717) is 25.2 Å². The molecule has 0 amide bonds. The number of para-hydroxylation sites is 1. The predicted molar refractivity (Wildman–Crippen MR) is 92.7 cm³/mol. The van der Waals surface area contributed by atoms with Gasteiger partial charge in [-0.15, -0.1) is 11.8 Å². The van der Waals surface area contributed by atoms with Crippen molar-refractivity contribution in [3.63, 3.8) is 0 Å². The zero-order valence-electron chi connectivity index (χ0n) is 14.4. The first kappa shape index (κ1) is 19.6. The minimum absolute atomic E-state index is 0.339. The molecule has 0 aliphatic heterocycles. The minimum Gasteiger partial charge on any atom is -0.465 e. The van der Waals surface area contributed by atoms with E-state index in [2.05, 4.69) is 0 Å². The van der Waals surface area contributed by atoms with Gasteiger partial charge in [0.1, 0.15) is 5.75 Å². The van der Waals surface area contributed by atoms with E-state index in [0.717, 1.165) is 17.7 Å². The fourth-order valence-electron chi connectivity index (χ4n) is 2.26. The van der Waals surface area contributed by atoms with Gasteiger partial charge in [0.25, 0.3) is 0 Å². The van der Waals surface area contributed by atoms with Crippen LogP contribution in [0.2, 0.25) is 0 Å². The van der Waals surface area contributed by atoms with Crippen LogP contribution >= 0.6 is 11.8 Å². The van der Waals surface area contributed by atoms with Crippen LogP contribution in [0.4, 0.5) is 0 Å². The predicted octanol–water partition coefficient (Wildman–Crippen LogP) is 4.46. The number of carbonyl (C=O) groups is 2. The van der Waals surface area contributed by atoms with Crippen LogP contribution in [0.1, 0.15) is 46.5 Å². The van der Waals surface area contributed by atoms with Gasteiger partial charge in [-0.3, -0.25) is 9.59 Å². The molecule has 128 valence electrons. The summed E-state index contributed by atoms with van der Waals surface area (Å²) in [4.78, 5) is 26.0. The lowest BCUT2D eigenvalue weighted by molar-refractivity contribution is -0.168. The van der Waals surface area contributed by atoms with Crippen molar-refractivity contribution in [3.05, 3.63) is 24.3 Å². The second-order valence-electron chi connectivity index (χ2n) is 5.32. The topological polar surface area (TPSA) is 52.6 Å². The van der Waals surface area contributed by atoms with Crippen LogP contribution < -0.4 is 4.74 Å². The molecule has 23 heavy (non-hydrogen) atoms. The van der Waals surface area contributed by atoms with Crippen molar-refractivity contribution in [2.75, 3.05) is 12.9 Å². The highest BCUT2D eigenvalue weighted by atomic mass is 32.2. The molecule has 0 aliphatic rings. The molecule has 0 heterocycles. The maximum absolute atomic E-state index is 12.7. The molecule has 0 aromatic heterocycles. The van der Waals surface area contributed by atoms with E-state index < -0.39 is 17.4 Å². The van der Waals surface area contributed by atoms with Gasteiger partial charge >= 0.3 is 11.9 Å². The Labute approximate surface area is 142 Å². The summed E-state index contributed by atoms with van der Waals surface area (Å²) in [6.45, 7) is 5.98. The first-order valence-electron chi connectivity index (χ1n) is 8.08. The van der Waals surface area contributed by atoms with Gasteiger partial charge in [0.15, 0.2) is 5.41 Å². The van der Waals surface area contributed by atoms with E-state index in [4.69, 9.17) is 9.47 Å². The van der Waals surface area contributed by atoms with Crippen LogP contribution in [-0.4, -0.2) is 24.8 Å². The third-order valence-electron chi connectivity index (χ3n) is 3.99. The normalized spacial score (nSPS) is 11.1. The summed E-state index contributed by atoms with van der Waals surface area (Å²) in [6, 6.07) is 7.31. The Morgan fingerprint density at radius 2 is 1.74 bits per heavy atom. The van der Waals surface area contributed by atoms with E-state index >= 15 is 0 Å². The Morgan fingerprint density at radius 3 is 2.30 bits per heavy atom. The van der Waals surface area contributed by atoms with Crippen molar-refractivity contribution in [3.8, 4) is 5.75 Å². The van der Waals surface area contributed by atoms with E-state index in [1.807, 2.05) is 45.2 Å². The summed E-state index contributed by atoms with van der Waals surface area (Å²) in [5, 5.41) is 0. The first-order chi connectivity index (χ1) is 11.1. The summed E-state index contributed by atoms with van der Waals surface area (Å²) < 4.78 is 10.9. The highest BCUT2D eigenvalue weighted by Crippen LogP contribution is 2.33. The van der Waals surface area contributed by atoms with Crippen molar-refractivity contribution < 1.29 is 19.1 Å². The Kier molecular flexibility index (Phi) is 8.17. The van der Waals surface area contributed by atoms with Crippen LogP contribution in [-0.2, 0) is 14.3 Å². The highest BCUT2D eigenvalue weighted by molar-refractivity contribution is 7.98. The van der Waals surface area contributed by atoms with Gasteiger partial charge < -0.3 is 9.47 Å². The number of esters is 2. The van der Waals surface area contributed by atoms with Crippen molar-refractivity contribution in [1.82, 2.24) is 0 Å². The molecule has 0 aliphatic carbocycles. The average molecular weight is 338 g/mol. The second-order valence-corrected chi connectivity index (χ2v) is 6.17. The van der Waals surface area contributed by atoms with Crippen LogP contribution in [0.3, 0.4) is 0 Å². The number of benzene rings is 1. The van der Waals surface area contributed by atoms with E-state index in [1.54, 1.807) is 6.07 Å². The molecule has 4 nitrogen and oxygen atoms in total. The third kappa shape index (κ3) is 4.74. The largest absolute Gasteiger partial charge is 0.465 e. The summed E-state index contributed by atoms with van der Waals surface area (Å²) in [5.41, 5.74) is -1.24. The number of carbonyl (C=O) groups excluding carboxylic acids is 2. The van der Waals surface area contributed by atoms with Gasteiger partial charge in [-0.1, -0.05) is 39.3 Å². The van der Waals surface area contributed by atoms with Gasteiger partial charge in [0.05, 0.1) is 6.61 Å². The number of unbranched alkanes of at least 4 members (excludes halogenated alkanes) is 1. The van der Waals surface area contributed by atoms with Gasteiger partial charge in [-0.2, -0.15) is 0 Å². The maximum Gasteiger partial charge on any atom is 0.328 e. The second kappa shape index (κ2) is 9.60. The number of ether oxygens (including phenoxy) is 2. The molecule has 0 saturated heterocycles. The molecule has 0 bridgehead atoms. The molecule has 0 fully saturated rings. The molecule has 0 spiro atoms. The molecular formula is C18H26O4S. The zero-order chi connectivity index (χ0) is 17.3. The highest BCUT2D eigenvalue weighted by Gasteiger charge is 2.46. The SMILES string of the molecule is CCCCOC(=O)C(CC)(CC)C(=O)Oc1ccccc1SC. The molecule has 1 aromatic rings. The Bertz CT molecular complexity index is 524. The summed E-state index contributed by atoms with van der Waals surface area (Å²) in [7, 11) is 0. The third-order valence-corrected chi connectivity index (χ3v) is 4.77. The van der Waals surface area contributed by atoms with Crippen molar-refractivity contribution in [2.45, 2.75) is 51.3 Å². The van der Waals surface area contributed by atoms with E-state index in [-0.39, 0.29) is 0 Å². The summed E-state index contributed by atoms with van der Waals surface area (Å²) >= 11 is 1.50. The number of thioether (sulfide) groups is 1. The number of hydrogen-bond acceptors (Lipinski definition) is 5. The average Bonchev–Trinajstić information content (AvgIpc) is 2.57. The summed E-state index contributed by atoms with van der Waals surface area (Å²) in [5.74, 6) is -0.536. The first-order valence-corrected chi connectivity index (χ1v) is 9.30. The lowest BCUT2D eigenvalue weighted by Crippen LogP contribution is -2.42. The molecule has 0 unspecified atom stereocenters. The van der Waals surface area contributed by atoms with Crippen molar-refractivity contribution >= 4 is 23.7 Å². The van der Waals surface area contributed by atoms with Crippen molar-refractivity contribution in [2.24, 2.45) is 5.41 Å². The lowest BCUT2D eigenvalue weighted by atomic mass is 9.82. The molecule has 0 N–H and O–H groups in total. The monoisotopic (exact) mass is 338 g/mol. The quantitative estimate of drug-likeness (QED) is 0.219. The van der Waals surface area contributed by atoms with Crippen LogP contribution in [0.15, 0.2) is 29.2 Å². The molecule has 0 atom stereocenters. The van der Waals surface area contributed by atoms with E-state index in [9.17, 15) is 9.59 Å². The fraction of sp³-hybridized carbons (Fsp3) is 0.556. The smallest absolute Gasteiger partial charge is 0.328 e. The molecule has 0 radical (unpaired) electrons. The molecule has 0 saturated carbocycles. The maximum atomic E-state index is 12.7. The Morgan fingerprint density at radius 1 is 1.09 bits per heavy atom. The number of rotatable bonds is 9. The molecule has 5 heteroatoms. The molecular weight excluding hydrogens is 312 g/mol. The Hall–Kier alpha value is -1.49. The van der Waals surface area contributed by atoms with Gasteiger partial charge in [-0.05, 0) is 37.7 Å². The summed E-state index contributed by atoms with van der Waals surface area (Å²) in [6.07, 6.45) is 4.35. The van der Waals surface area contributed by atoms with Crippen LogP contribution in [0.5, 0.6) is 5.75 Å². The lowest BCUT2D eigenvalue weighted by Gasteiger charge is -2.27. The zero-order valence-corrected chi connectivity index (χ0v) is 15.2. The Balaban J connectivity index is 2.95.